The molecule has 4 heterocycles. The lowest BCUT2D eigenvalue weighted by molar-refractivity contribution is -0.114. The van der Waals surface area contributed by atoms with Crippen LogP contribution in [0.5, 0.6) is 5.75 Å². The van der Waals surface area contributed by atoms with Gasteiger partial charge in [-0.05, 0) is 79.6 Å². The number of hydrogen-bond donors (Lipinski definition) is 2. The van der Waals surface area contributed by atoms with Crippen LogP contribution >= 0.6 is 0 Å². The number of anilines is 1. The summed E-state index contributed by atoms with van der Waals surface area (Å²) >= 11 is 0. The van der Waals surface area contributed by atoms with Gasteiger partial charge in [0.1, 0.15) is 23.1 Å². The number of likely N-dealkylation sites (tertiary alicyclic amines) is 1. The van der Waals surface area contributed by atoms with Gasteiger partial charge < -0.3 is 29.8 Å². The molecule has 0 spiro atoms. The summed E-state index contributed by atoms with van der Waals surface area (Å²) < 4.78 is 24.4. The zero-order valence-corrected chi connectivity index (χ0v) is 27.2. The molecule has 0 radical (unpaired) electrons. The van der Waals surface area contributed by atoms with E-state index in [1.54, 1.807) is 19.2 Å². The Morgan fingerprint density at radius 2 is 1.89 bits per heavy atom. The highest BCUT2D eigenvalue weighted by molar-refractivity contribution is 6.00. The summed E-state index contributed by atoms with van der Waals surface area (Å²) in [6.07, 6.45) is 2.25. The number of rotatable bonds is 8. The maximum absolute atomic E-state index is 14.3. The van der Waals surface area contributed by atoms with Gasteiger partial charge in [0, 0.05) is 55.3 Å². The van der Waals surface area contributed by atoms with Crippen LogP contribution in [0.4, 0.5) is 10.1 Å². The first kappa shape index (κ1) is 30.9. The number of imidazole rings is 1. The molecule has 47 heavy (non-hydrogen) atoms. The fourth-order valence-electron chi connectivity index (χ4n) is 6.86. The fraction of sp³-hybridized carbons (Fsp3) is 0.389. The highest BCUT2D eigenvalue weighted by atomic mass is 19.1. The van der Waals surface area contributed by atoms with Crippen molar-refractivity contribution in [1.29, 1.82) is 0 Å². The topological polar surface area (TPSA) is 120 Å². The highest BCUT2D eigenvalue weighted by Gasteiger charge is 2.31. The molecule has 1 aliphatic heterocycles. The molecular formula is C36H40FN7O3. The number of nitrogens with one attached hydrogen (secondary N) is 1. The number of piperidine rings is 1. The lowest BCUT2D eigenvalue weighted by Gasteiger charge is -2.33. The molecule has 11 heteroatoms. The number of benzene rings is 2. The predicted octanol–water partition coefficient (Wildman–Crippen LogP) is 5.71. The second-order valence-electron chi connectivity index (χ2n) is 12.9. The molecular weight excluding hydrogens is 597 g/mol. The SMILES string of the molecule is CCc1cc(NC(C)=O)ccc1-c1ccc2cc(-c3nc4cc(C(=O)N5C[C@H](N)C[C@@H](F)C5)cc(OC)c4n3C)n(CC3CC3)c2n1. The largest absolute Gasteiger partial charge is 0.494 e. The van der Waals surface area contributed by atoms with Crippen LogP contribution in [-0.4, -0.2) is 68.2 Å². The number of nitrogens with two attached hydrogens (primary N) is 1. The van der Waals surface area contributed by atoms with Gasteiger partial charge in [-0.2, -0.15) is 0 Å². The maximum Gasteiger partial charge on any atom is 0.254 e. The van der Waals surface area contributed by atoms with Crippen molar-refractivity contribution in [3.05, 3.63) is 59.7 Å². The Morgan fingerprint density at radius 1 is 1.09 bits per heavy atom. The lowest BCUT2D eigenvalue weighted by atomic mass is 10.0. The average Bonchev–Trinajstić information content (AvgIpc) is 3.72. The number of carbonyl (C=O) groups is 2. The second-order valence-corrected chi connectivity index (χ2v) is 12.9. The number of nitrogens with zero attached hydrogens (tertiary/aromatic N) is 5. The molecule has 2 aliphatic rings. The minimum Gasteiger partial charge on any atom is -0.494 e. The van der Waals surface area contributed by atoms with Gasteiger partial charge in [0.25, 0.3) is 5.91 Å². The standard InChI is InChI=1S/C36H40FN7O3/c1-5-22-12-27(39-20(2)45)9-10-28(22)29-11-8-23-14-31(44(34(23)40-29)17-21-6-7-21)35-41-30-13-24(15-32(47-4)33(30)42(35)3)36(46)43-18-25(37)16-26(38)19-43/h8-15,21,25-26H,5-7,16-19,38H2,1-4H3,(H,39,45)/t25-,26-/m1/s1. The molecule has 1 aliphatic carbocycles. The summed E-state index contributed by atoms with van der Waals surface area (Å²) in [6, 6.07) is 15.3. The Balaban J connectivity index is 1.32. The van der Waals surface area contributed by atoms with Gasteiger partial charge in [-0.15, -0.1) is 0 Å². The number of hydrogen-bond acceptors (Lipinski definition) is 6. The van der Waals surface area contributed by atoms with Crippen molar-refractivity contribution in [2.75, 3.05) is 25.5 Å². The van der Waals surface area contributed by atoms with Crippen LogP contribution in [0.25, 0.3) is 44.8 Å². The number of aromatic nitrogens is 4. The highest BCUT2D eigenvalue weighted by Crippen LogP contribution is 2.38. The van der Waals surface area contributed by atoms with Crippen molar-refractivity contribution in [3.8, 4) is 28.5 Å². The Labute approximate surface area is 272 Å². The fourth-order valence-corrected chi connectivity index (χ4v) is 6.86. The smallest absolute Gasteiger partial charge is 0.254 e. The number of amides is 2. The summed E-state index contributed by atoms with van der Waals surface area (Å²) in [5, 5.41) is 3.89. The van der Waals surface area contributed by atoms with Crippen molar-refractivity contribution < 1.29 is 18.7 Å². The number of ether oxygens (including phenoxy) is 1. The van der Waals surface area contributed by atoms with E-state index in [4.69, 9.17) is 20.4 Å². The van der Waals surface area contributed by atoms with Gasteiger partial charge >= 0.3 is 0 Å². The Kier molecular flexibility index (Phi) is 7.95. The third-order valence-electron chi connectivity index (χ3n) is 9.31. The van der Waals surface area contributed by atoms with E-state index in [1.807, 2.05) is 35.9 Å². The van der Waals surface area contributed by atoms with Crippen molar-refractivity contribution in [2.45, 2.75) is 58.3 Å². The predicted molar refractivity (Wildman–Crippen MR) is 181 cm³/mol. The summed E-state index contributed by atoms with van der Waals surface area (Å²) in [5.74, 6) is 1.44. The normalized spacial score (nSPS) is 18.2. The summed E-state index contributed by atoms with van der Waals surface area (Å²) in [6.45, 7) is 4.76. The maximum atomic E-state index is 14.3. The number of alkyl halides is 1. The average molecular weight is 638 g/mol. The molecule has 0 unspecified atom stereocenters. The van der Waals surface area contributed by atoms with Crippen LogP contribution in [-0.2, 0) is 24.8 Å². The third kappa shape index (κ3) is 5.84. The first-order chi connectivity index (χ1) is 22.6. The summed E-state index contributed by atoms with van der Waals surface area (Å²) in [4.78, 5) is 36.9. The molecule has 3 N–H and O–H groups in total. The lowest BCUT2D eigenvalue weighted by Crippen LogP contribution is -2.50. The molecule has 2 atom stereocenters. The van der Waals surface area contributed by atoms with Crippen LogP contribution in [0.2, 0.25) is 0 Å². The number of fused-ring (bicyclic) bond motifs is 2. The van der Waals surface area contributed by atoms with Gasteiger partial charge in [0.15, 0.2) is 5.82 Å². The summed E-state index contributed by atoms with van der Waals surface area (Å²) in [5.41, 5.74) is 13.4. The second kappa shape index (κ2) is 12.1. The molecule has 0 bridgehead atoms. The first-order valence-electron chi connectivity index (χ1n) is 16.3. The van der Waals surface area contributed by atoms with E-state index in [9.17, 15) is 14.0 Å². The molecule has 2 aromatic carbocycles. The van der Waals surface area contributed by atoms with Crippen molar-refractivity contribution in [1.82, 2.24) is 24.0 Å². The molecule has 7 rings (SSSR count). The van der Waals surface area contributed by atoms with E-state index in [1.165, 1.54) is 24.7 Å². The molecule has 2 fully saturated rings. The van der Waals surface area contributed by atoms with E-state index >= 15 is 0 Å². The quantitative estimate of drug-likeness (QED) is 0.225. The number of methoxy groups -OCH3 is 1. The van der Waals surface area contributed by atoms with E-state index in [2.05, 4.69) is 28.9 Å². The molecule has 3 aromatic heterocycles. The molecule has 5 aromatic rings. The molecule has 244 valence electrons. The number of pyridine rings is 1. The Morgan fingerprint density at radius 3 is 2.60 bits per heavy atom. The number of aryl methyl sites for hydroxylation is 2. The molecule has 1 saturated carbocycles. The van der Waals surface area contributed by atoms with Crippen LogP contribution in [0.15, 0.2) is 48.5 Å². The van der Waals surface area contributed by atoms with Crippen molar-refractivity contribution in [2.24, 2.45) is 18.7 Å². The van der Waals surface area contributed by atoms with Crippen LogP contribution < -0.4 is 15.8 Å². The minimum absolute atomic E-state index is 0.0236. The number of carbonyl (C=O) groups excluding carboxylic acids is 2. The van der Waals surface area contributed by atoms with Gasteiger partial charge in [-0.3, -0.25) is 9.59 Å². The van der Waals surface area contributed by atoms with Crippen LogP contribution in [0.3, 0.4) is 0 Å². The minimum atomic E-state index is -1.14. The monoisotopic (exact) mass is 637 g/mol. The first-order valence-corrected chi connectivity index (χ1v) is 16.3. The van der Waals surface area contributed by atoms with E-state index in [0.717, 1.165) is 63.5 Å². The Bertz CT molecular complexity index is 2020. The molecule has 1 saturated heterocycles. The zero-order chi connectivity index (χ0) is 33.0. The number of halogens is 1. The third-order valence-corrected chi connectivity index (χ3v) is 9.31. The Hall–Kier alpha value is -4.77. The van der Waals surface area contributed by atoms with Gasteiger partial charge in [0.05, 0.1) is 30.6 Å². The van der Waals surface area contributed by atoms with Gasteiger partial charge in [0.2, 0.25) is 5.91 Å². The van der Waals surface area contributed by atoms with Gasteiger partial charge in [-0.1, -0.05) is 13.0 Å². The van der Waals surface area contributed by atoms with Crippen molar-refractivity contribution in [3.63, 3.8) is 0 Å². The van der Waals surface area contributed by atoms with Crippen LogP contribution in [0, 0.1) is 5.92 Å². The van der Waals surface area contributed by atoms with E-state index in [0.29, 0.717) is 29.3 Å². The summed E-state index contributed by atoms with van der Waals surface area (Å²) in [7, 11) is 3.53. The van der Waals surface area contributed by atoms with Gasteiger partial charge in [-0.25, -0.2) is 14.4 Å². The molecule has 10 nitrogen and oxygen atoms in total. The zero-order valence-electron chi connectivity index (χ0n) is 27.2. The van der Waals surface area contributed by atoms with Crippen molar-refractivity contribution >= 4 is 39.6 Å². The molecule has 2 amide bonds. The van der Waals surface area contributed by atoms with Crippen LogP contribution in [0.1, 0.15) is 49.0 Å². The van der Waals surface area contributed by atoms with E-state index < -0.39 is 12.2 Å². The van der Waals surface area contributed by atoms with E-state index in [-0.39, 0.29) is 24.8 Å².